The Labute approximate surface area is 114 Å². The Hall–Kier alpha value is -2.94. The molecule has 0 aromatic heterocycles. The highest BCUT2D eigenvalue weighted by Gasteiger charge is 2.15. The standard InChI is InChI=1S/C14H9FN2O3/c15-12-4-5-13(17(18)19)14(7-12)20-9-11-3-1-2-10(6-11)8-16/h1-7H,9H2. The Morgan fingerprint density at radius 3 is 2.80 bits per heavy atom. The molecule has 0 atom stereocenters. The maximum absolute atomic E-state index is 13.1. The van der Waals surface area contributed by atoms with Gasteiger partial charge in [-0.1, -0.05) is 12.1 Å². The summed E-state index contributed by atoms with van der Waals surface area (Å²) in [5, 5.41) is 19.6. The summed E-state index contributed by atoms with van der Waals surface area (Å²) in [5.41, 5.74) is 0.824. The number of nitro benzene ring substituents is 1. The number of hydrogen-bond donors (Lipinski definition) is 0. The van der Waals surface area contributed by atoms with Crippen LogP contribution in [0.1, 0.15) is 11.1 Å². The molecule has 0 aliphatic heterocycles. The summed E-state index contributed by atoms with van der Waals surface area (Å²) in [7, 11) is 0. The molecule has 0 unspecified atom stereocenters. The molecule has 0 aliphatic carbocycles. The second-order valence-corrected chi connectivity index (χ2v) is 3.97. The Kier molecular flexibility index (Phi) is 3.91. The van der Waals surface area contributed by atoms with Crippen LogP contribution in [-0.4, -0.2) is 4.92 Å². The van der Waals surface area contributed by atoms with Crippen LogP contribution in [0.2, 0.25) is 0 Å². The van der Waals surface area contributed by atoms with Gasteiger partial charge >= 0.3 is 5.69 Å². The molecule has 0 radical (unpaired) electrons. The van der Waals surface area contributed by atoms with Crippen molar-refractivity contribution in [3.05, 3.63) is 69.5 Å². The molecule has 2 aromatic carbocycles. The molecule has 6 heteroatoms. The third kappa shape index (κ3) is 3.09. The minimum Gasteiger partial charge on any atom is -0.482 e. The zero-order valence-electron chi connectivity index (χ0n) is 10.2. The van der Waals surface area contributed by atoms with E-state index in [-0.39, 0.29) is 18.0 Å². The quantitative estimate of drug-likeness (QED) is 0.632. The Bertz CT molecular complexity index is 695. The summed E-state index contributed by atoms with van der Waals surface area (Å²) in [5.74, 6) is -0.756. The molecule has 0 heterocycles. The third-order valence-corrected chi connectivity index (χ3v) is 2.57. The molecule has 0 saturated heterocycles. The second kappa shape index (κ2) is 5.80. The van der Waals surface area contributed by atoms with Crippen molar-refractivity contribution < 1.29 is 14.1 Å². The lowest BCUT2D eigenvalue weighted by Crippen LogP contribution is -2.00. The number of nitrogens with zero attached hydrogens (tertiary/aromatic N) is 2. The van der Waals surface area contributed by atoms with E-state index >= 15 is 0 Å². The molecular weight excluding hydrogens is 263 g/mol. The first kappa shape index (κ1) is 13.5. The fourth-order valence-corrected chi connectivity index (χ4v) is 1.65. The summed E-state index contributed by atoms with van der Waals surface area (Å²) in [6.07, 6.45) is 0. The van der Waals surface area contributed by atoms with Gasteiger partial charge in [-0.15, -0.1) is 0 Å². The molecule has 0 N–H and O–H groups in total. The Morgan fingerprint density at radius 1 is 1.30 bits per heavy atom. The SMILES string of the molecule is N#Cc1cccc(COc2cc(F)ccc2[N+](=O)[O-])c1. The molecule has 0 aliphatic rings. The normalized spacial score (nSPS) is 9.80. The smallest absolute Gasteiger partial charge is 0.311 e. The predicted octanol–water partition coefficient (Wildman–Crippen LogP) is 3.18. The lowest BCUT2D eigenvalue weighted by Gasteiger charge is -2.07. The van der Waals surface area contributed by atoms with Crippen LogP contribution in [0, 0.1) is 27.3 Å². The van der Waals surface area contributed by atoms with E-state index < -0.39 is 10.7 Å². The molecule has 2 aromatic rings. The largest absolute Gasteiger partial charge is 0.482 e. The summed E-state index contributed by atoms with van der Waals surface area (Å²) in [6.45, 7) is 0.0137. The summed E-state index contributed by atoms with van der Waals surface area (Å²) < 4.78 is 18.4. The zero-order valence-corrected chi connectivity index (χ0v) is 10.2. The van der Waals surface area contributed by atoms with Gasteiger partial charge in [0.25, 0.3) is 0 Å². The van der Waals surface area contributed by atoms with Gasteiger partial charge < -0.3 is 4.74 Å². The molecule has 5 nitrogen and oxygen atoms in total. The van der Waals surface area contributed by atoms with Crippen molar-refractivity contribution in [2.45, 2.75) is 6.61 Å². The molecule has 0 amide bonds. The summed E-state index contributed by atoms with van der Waals surface area (Å²) in [6, 6.07) is 11.6. The molecule has 100 valence electrons. The van der Waals surface area contributed by atoms with Crippen LogP contribution in [0.15, 0.2) is 42.5 Å². The first-order chi connectivity index (χ1) is 9.60. The van der Waals surface area contributed by atoms with E-state index in [1.54, 1.807) is 24.3 Å². The molecule has 20 heavy (non-hydrogen) atoms. The number of nitro groups is 1. The maximum atomic E-state index is 13.1. The third-order valence-electron chi connectivity index (χ3n) is 2.57. The summed E-state index contributed by atoms with van der Waals surface area (Å²) >= 11 is 0. The fraction of sp³-hybridized carbons (Fsp3) is 0.0714. The number of halogens is 1. The maximum Gasteiger partial charge on any atom is 0.311 e. The van der Waals surface area contributed by atoms with Crippen molar-refractivity contribution in [2.24, 2.45) is 0 Å². The van der Waals surface area contributed by atoms with Crippen LogP contribution in [0.4, 0.5) is 10.1 Å². The van der Waals surface area contributed by atoms with Crippen molar-refractivity contribution in [3.63, 3.8) is 0 Å². The van der Waals surface area contributed by atoms with E-state index in [0.717, 1.165) is 18.2 Å². The topological polar surface area (TPSA) is 76.2 Å². The number of rotatable bonds is 4. The van der Waals surface area contributed by atoms with Crippen LogP contribution in [0.25, 0.3) is 0 Å². The molecule has 0 spiro atoms. The molecule has 2 rings (SSSR count). The van der Waals surface area contributed by atoms with Gasteiger partial charge in [0.15, 0.2) is 5.75 Å². The number of ether oxygens (including phenoxy) is 1. The monoisotopic (exact) mass is 272 g/mol. The van der Waals surface area contributed by atoms with Gasteiger partial charge in [-0.2, -0.15) is 5.26 Å². The van der Waals surface area contributed by atoms with Crippen molar-refractivity contribution in [1.29, 1.82) is 5.26 Å². The van der Waals surface area contributed by atoms with Gasteiger partial charge in [-0.3, -0.25) is 10.1 Å². The highest BCUT2D eigenvalue weighted by molar-refractivity contribution is 5.46. The number of hydrogen-bond acceptors (Lipinski definition) is 4. The van der Waals surface area contributed by atoms with Crippen molar-refractivity contribution in [1.82, 2.24) is 0 Å². The van der Waals surface area contributed by atoms with E-state index in [1.165, 1.54) is 0 Å². The molecule has 0 fully saturated rings. The Morgan fingerprint density at radius 2 is 2.10 bits per heavy atom. The lowest BCUT2D eigenvalue weighted by molar-refractivity contribution is -0.386. The highest BCUT2D eigenvalue weighted by Crippen LogP contribution is 2.28. The van der Waals surface area contributed by atoms with Crippen LogP contribution in [0.3, 0.4) is 0 Å². The Balaban J connectivity index is 2.20. The minimum atomic E-state index is -0.638. The minimum absolute atomic E-state index is 0.0137. The number of benzene rings is 2. The average Bonchev–Trinajstić information content (AvgIpc) is 2.45. The average molecular weight is 272 g/mol. The van der Waals surface area contributed by atoms with Crippen LogP contribution in [0.5, 0.6) is 5.75 Å². The van der Waals surface area contributed by atoms with Gasteiger partial charge in [-0.05, 0) is 23.8 Å². The van der Waals surface area contributed by atoms with E-state index in [0.29, 0.717) is 11.1 Å². The van der Waals surface area contributed by atoms with Crippen molar-refractivity contribution in [2.75, 3.05) is 0 Å². The van der Waals surface area contributed by atoms with Crippen LogP contribution < -0.4 is 4.74 Å². The van der Waals surface area contributed by atoms with E-state index in [9.17, 15) is 14.5 Å². The lowest BCUT2D eigenvalue weighted by atomic mass is 10.1. The van der Waals surface area contributed by atoms with Gasteiger partial charge in [0, 0.05) is 12.1 Å². The number of nitriles is 1. The van der Waals surface area contributed by atoms with Gasteiger partial charge in [-0.25, -0.2) is 4.39 Å². The predicted molar refractivity (Wildman–Crippen MR) is 68.5 cm³/mol. The first-order valence-electron chi connectivity index (χ1n) is 5.66. The second-order valence-electron chi connectivity index (χ2n) is 3.97. The van der Waals surface area contributed by atoms with E-state index in [4.69, 9.17) is 10.00 Å². The highest BCUT2D eigenvalue weighted by atomic mass is 19.1. The molecule has 0 bridgehead atoms. The fourth-order valence-electron chi connectivity index (χ4n) is 1.65. The molecular formula is C14H9FN2O3. The van der Waals surface area contributed by atoms with E-state index in [2.05, 4.69) is 0 Å². The van der Waals surface area contributed by atoms with Crippen LogP contribution >= 0.6 is 0 Å². The first-order valence-corrected chi connectivity index (χ1v) is 5.66. The zero-order chi connectivity index (χ0) is 14.5. The van der Waals surface area contributed by atoms with Gasteiger partial charge in [0.05, 0.1) is 16.6 Å². The van der Waals surface area contributed by atoms with Gasteiger partial charge in [0.1, 0.15) is 12.4 Å². The van der Waals surface area contributed by atoms with E-state index in [1.807, 2.05) is 6.07 Å². The van der Waals surface area contributed by atoms with Crippen LogP contribution in [-0.2, 0) is 6.61 Å². The summed E-state index contributed by atoms with van der Waals surface area (Å²) in [4.78, 5) is 10.2. The van der Waals surface area contributed by atoms with Crippen molar-refractivity contribution in [3.8, 4) is 11.8 Å². The van der Waals surface area contributed by atoms with Crippen molar-refractivity contribution >= 4 is 5.69 Å². The molecule has 0 saturated carbocycles. The van der Waals surface area contributed by atoms with Gasteiger partial charge in [0.2, 0.25) is 0 Å².